The first-order valence-corrected chi connectivity index (χ1v) is 3.51. The quantitative estimate of drug-likeness (QED) is 0.435. The van der Waals surface area contributed by atoms with Gasteiger partial charge in [0, 0.05) is 5.69 Å². The van der Waals surface area contributed by atoms with Crippen molar-refractivity contribution in [2.45, 2.75) is 13.8 Å². The highest BCUT2D eigenvalue weighted by Crippen LogP contribution is 2.07. The second kappa shape index (κ2) is 3.17. The Hall–Kier alpha value is -1.65. The van der Waals surface area contributed by atoms with Gasteiger partial charge in [0.05, 0.1) is 11.3 Å². The summed E-state index contributed by atoms with van der Waals surface area (Å²) < 4.78 is 0. The number of amidine groups is 1. The predicted octanol–water partition coefficient (Wildman–Crippen LogP) is 0.339. The lowest BCUT2D eigenvalue weighted by atomic mass is 10.2. The van der Waals surface area contributed by atoms with Crippen LogP contribution in [0.5, 0.6) is 0 Å². The molecule has 0 radical (unpaired) electrons. The molecule has 0 aliphatic rings. The van der Waals surface area contributed by atoms with E-state index in [-0.39, 0.29) is 0 Å². The summed E-state index contributed by atoms with van der Waals surface area (Å²) in [5.41, 5.74) is 8.05. The number of aliphatic imine (C=N–C) groups is 1. The first-order chi connectivity index (χ1) is 5.66. The van der Waals surface area contributed by atoms with Crippen LogP contribution in [0.15, 0.2) is 4.99 Å². The first-order valence-electron chi connectivity index (χ1n) is 3.51. The van der Waals surface area contributed by atoms with Crippen molar-refractivity contribution >= 4 is 12.2 Å². The highest BCUT2D eigenvalue weighted by atomic mass is 15.1. The number of aromatic nitrogens is 2. The molecule has 0 aliphatic heterocycles. The van der Waals surface area contributed by atoms with Crippen LogP contribution >= 0.6 is 0 Å². The van der Waals surface area contributed by atoms with Crippen molar-refractivity contribution in [3.63, 3.8) is 0 Å². The van der Waals surface area contributed by atoms with E-state index >= 15 is 0 Å². The van der Waals surface area contributed by atoms with E-state index in [0.29, 0.717) is 5.84 Å². The van der Waals surface area contributed by atoms with Crippen molar-refractivity contribution < 1.29 is 0 Å². The van der Waals surface area contributed by atoms with Crippen LogP contribution in [0, 0.1) is 19.3 Å². The van der Waals surface area contributed by atoms with Gasteiger partial charge in [-0.15, -0.1) is 0 Å². The van der Waals surface area contributed by atoms with Gasteiger partial charge >= 0.3 is 0 Å². The fraction of sp³-hybridized carbons (Fsp3) is 0.286. The molecule has 0 bridgehead atoms. The molecule has 5 heteroatoms. The number of hydrogen-bond donors (Lipinski definition) is 3. The molecule has 0 amide bonds. The number of hydrogen-bond acceptors (Lipinski definition) is 2. The minimum atomic E-state index is 0.328. The summed E-state index contributed by atoms with van der Waals surface area (Å²) in [5, 5.41) is 13.5. The summed E-state index contributed by atoms with van der Waals surface area (Å²) in [6.07, 6.45) is 0.918. The molecule has 1 aromatic heterocycles. The maximum absolute atomic E-state index is 6.75. The standard InChI is InChI=1S/C7H11N5/c1-4-6(5(2)12-11-4)7(9)10-3-8/h3H,1-2H3,(H,11,12)(H3,8,9,10). The molecule has 1 heterocycles. The Labute approximate surface area is 70.2 Å². The fourth-order valence-electron chi connectivity index (χ4n) is 1.06. The molecule has 12 heavy (non-hydrogen) atoms. The number of nitrogens with two attached hydrogens (primary N) is 1. The van der Waals surface area contributed by atoms with Crippen molar-refractivity contribution in [2.75, 3.05) is 0 Å². The van der Waals surface area contributed by atoms with Gasteiger partial charge < -0.3 is 5.73 Å². The van der Waals surface area contributed by atoms with E-state index in [1.54, 1.807) is 0 Å². The molecule has 0 saturated carbocycles. The normalized spacial score (nSPS) is 11.7. The van der Waals surface area contributed by atoms with Gasteiger partial charge in [-0.25, -0.2) is 4.99 Å². The second-order valence-corrected chi connectivity index (χ2v) is 2.45. The van der Waals surface area contributed by atoms with E-state index < -0.39 is 0 Å². The SMILES string of the molecule is Cc1n[nH]c(C)c1C(N)=NC=N. The summed E-state index contributed by atoms with van der Waals surface area (Å²) in [6, 6.07) is 0. The molecule has 0 fully saturated rings. The van der Waals surface area contributed by atoms with Gasteiger partial charge in [-0.3, -0.25) is 10.5 Å². The smallest absolute Gasteiger partial charge is 0.136 e. The summed E-state index contributed by atoms with van der Waals surface area (Å²) in [7, 11) is 0. The van der Waals surface area contributed by atoms with Crippen LogP contribution in [0.2, 0.25) is 0 Å². The lowest BCUT2D eigenvalue weighted by Gasteiger charge is -1.96. The lowest BCUT2D eigenvalue weighted by molar-refractivity contribution is 1.02. The third-order valence-corrected chi connectivity index (χ3v) is 1.59. The molecule has 5 nitrogen and oxygen atoms in total. The Kier molecular flexibility index (Phi) is 2.23. The molecule has 0 spiro atoms. The lowest BCUT2D eigenvalue weighted by Crippen LogP contribution is -2.15. The topological polar surface area (TPSA) is 90.9 Å². The zero-order valence-corrected chi connectivity index (χ0v) is 7.05. The van der Waals surface area contributed by atoms with Crippen molar-refractivity contribution in [1.29, 1.82) is 5.41 Å². The van der Waals surface area contributed by atoms with Gasteiger partial charge in [-0.05, 0) is 13.8 Å². The van der Waals surface area contributed by atoms with Crippen LogP contribution in [-0.2, 0) is 0 Å². The number of nitrogens with zero attached hydrogens (tertiary/aromatic N) is 2. The summed E-state index contributed by atoms with van der Waals surface area (Å²) in [5.74, 6) is 0.328. The van der Waals surface area contributed by atoms with Gasteiger partial charge in [0.1, 0.15) is 12.2 Å². The third-order valence-electron chi connectivity index (χ3n) is 1.59. The predicted molar refractivity (Wildman–Crippen MR) is 47.6 cm³/mol. The Morgan fingerprint density at radius 2 is 2.33 bits per heavy atom. The Balaban J connectivity index is 3.17. The van der Waals surface area contributed by atoms with Gasteiger partial charge in [0.15, 0.2) is 0 Å². The molecule has 1 rings (SSSR count). The maximum Gasteiger partial charge on any atom is 0.136 e. The fourth-order valence-corrected chi connectivity index (χ4v) is 1.06. The van der Waals surface area contributed by atoms with E-state index in [2.05, 4.69) is 15.2 Å². The monoisotopic (exact) mass is 165 g/mol. The highest BCUT2D eigenvalue weighted by Gasteiger charge is 2.08. The summed E-state index contributed by atoms with van der Waals surface area (Å²) >= 11 is 0. The van der Waals surface area contributed by atoms with Crippen molar-refractivity contribution in [1.82, 2.24) is 10.2 Å². The zero-order chi connectivity index (χ0) is 9.14. The molecule has 0 atom stereocenters. The Morgan fingerprint density at radius 1 is 1.67 bits per heavy atom. The molecule has 0 unspecified atom stereocenters. The molecule has 4 N–H and O–H groups in total. The third kappa shape index (κ3) is 1.34. The molecule has 1 aromatic rings. The van der Waals surface area contributed by atoms with E-state index in [1.807, 2.05) is 13.8 Å². The van der Waals surface area contributed by atoms with Crippen molar-refractivity contribution in [3.05, 3.63) is 17.0 Å². The van der Waals surface area contributed by atoms with Crippen LogP contribution in [0.3, 0.4) is 0 Å². The number of nitrogens with one attached hydrogen (secondary N) is 2. The van der Waals surface area contributed by atoms with Gasteiger partial charge in [0.25, 0.3) is 0 Å². The van der Waals surface area contributed by atoms with Crippen LogP contribution < -0.4 is 5.73 Å². The summed E-state index contributed by atoms with van der Waals surface area (Å²) in [6.45, 7) is 3.70. The number of aryl methyl sites for hydroxylation is 2. The van der Waals surface area contributed by atoms with Crippen LogP contribution in [0.1, 0.15) is 17.0 Å². The van der Waals surface area contributed by atoms with Crippen LogP contribution in [-0.4, -0.2) is 22.4 Å². The maximum atomic E-state index is 6.75. The Bertz CT molecular complexity index is 303. The van der Waals surface area contributed by atoms with Gasteiger partial charge in [0.2, 0.25) is 0 Å². The average Bonchev–Trinajstić information content (AvgIpc) is 2.32. The zero-order valence-electron chi connectivity index (χ0n) is 7.05. The van der Waals surface area contributed by atoms with Crippen LogP contribution in [0.4, 0.5) is 0 Å². The number of rotatable bonds is 2. The van der Waals surface area contributed by atoms with Crippen molar-refractivity contribution in [2.24, 2.45) is 10.7 Å². The Morgan fingerprint density at radius 3 is 2.75 bits per heavy atom. The largest absolute Gasteiger partial charge is 0.383 e. The first kappa shape index (κ1) is 8.45. The molecule has 0 aliphatic carbocycles. The minimum Gasteiger partial charge on any atom is -0.383 e. The van der Waals surface area contributed by atoms with Crippen LogP contribution in [0.25, 0.3) is 0 Å². The van der Waals surface area contributed by atoms with E-state index in [0.717, 1.165) is 23.3 Å². The molecule has 0 saturated heterocycles. The van der Waals surface area contributed by atoms with Crippen molar-refractivity contribution in [3.8, 4) is 0 Å². The molecule has 0 aromatic carbocycles. The molecular weight excluding hydrogens is 154 g/mol. The number of H-pyrrole nitrogens is 1. The van der Waals surface area contributed by atoms with E-state index in [9.17, 15) is 0 Å². The van der Waals surface area contributed by atoms with E-state index in [4.69, 9.17) is 11.1 Å². The minimum absolute atomic E-state index is 0.328. The van der Waals surface area contributed by atoms with E-state index in [1.165, 1.54) is 0 Å². The van der Waals surface area contributed by atoms with Gasteiger partial charge in [-0.2, -0.15) is 5.10 Å². The van der Waals surface area contributed by atoms with Gasteiger partial charge in [-0.1, -0.05) is 0 Å². The molecule has 64 valence electrons. The average molecular weight is 165 g/mol. The molecular formula is C7H11N5. The second-order valence-electron chi connectivity index (χ2n) is 2.45. The highest BCUT2D eigenvalue weighted by molar-refractivity contribution is 6.02. The number of aromatic amines is 1. The summed E-state index contributed by atoms with van der Waals surface area (Å²) in [4.78, 5) is 3.66.